The van der Waals surface area contributed by atoms with Gasteiger partial charge in [0.2, 0.25) is 11.8 Å². The van der Waals surface area contributed by atoms with Gasteiger partial charge >= 0.3 is 0 Å². The number of hydrogen-bond acceptors (Lipinski definition) is 4. The Labute approximate surface area is 150 Å². The van der Waals surface area contributed by atoms with E-state index in [1.165, 1.54) is 0 Å². The fourth-order valence-electron chi connectivity index (χ4n) is 3.51. The summed E-state index contributed by atoms with van der Waals surface area (Å²) in [6.07, 6.45) is 3.25. The Morgan fingerprint density at radius 3 is 2.13 bits per heavy atom. The van der Waals surface area contributed by atoms with Gasteiger partial charge in [0.1, 0.15) is 0 Å². The SMILES string of the molecule is Cl.Cl.O=C(CN1CCN(C(=O)C2CCNC2)CC1)N1CCCC1. The third-order valence-electron chi connectivity index (χ3n) is 4.91. The van der Waals surface area contributed by atoms with Crippen LogP contribution in [0, 0.1) is 5.92 Å². The number of halogens is 2. The summed E-state index contributed by atoms with van der Waals surface area (Å²) in [5.74, 6) is 0.723. The van der Waals surface area contributed by atoms with Crippen molar-refractivity contribution in [1.29, 1.82) is 0 Å². The minimum Gasteiger partial charge on any atom is -0.342 e. The van der Waals surface area contributed by atoms with Gasteiger partial charge in [-0.15, -0.1) is 24.8 Å². The zero-order valence-electron chi connectivity index (χ0n) is 13.5. The molecule has 0 aromatic carbocycles. The van der Waals surface area contributed by atoms with Gasteiger partial charge in [0, 0.05) is 45.8 Å². The molecular weight excluding hydrogens is 339 g/mol. The second-order valence-electron chi connectivity index (χ2n) is 6.38. The highest BCUT2D eigenvalue weighted by Crippen LogP contribution is 2.14. The van der Waals surface area contributed by atoms with Crippen LogP contribution < -0.4 is 5.32 Å². The maximum atomic E-state index is 12.3. The summed E-state index contributed by atoms with van der Waals surface area (Å²) in [5, 5.41) is 3.25. The van der Waals surface area contributed by atoms with Crippen molar-refractivity contribution >= 4 is 36.6 Å². The summed E-state index contributed by atoms with van der Waals surface area (Å²) < 4.78 is 0. The molecule has 0 radical (unpaired) electrons. The van der Waals surface area contributed by atoms with Crippen LogP contribution in [-0.4, -0.2) is 85.4 Å². The fourth-order valence-corrected chi connectivity index (χ4v) is 3.51. The van der Waals surface area contributed by atoms with Crippen LogP contribution in [0.2, 0.25) is 0 Å². The topological polar surface area (TPSA) is 55.9 Å². The largest absolute Gasteiger partial charge is 0.342 e. The Morgan fingerprint density at radius 2 is 1.57 bits per heavy atom. The van der Waals surface area contributed by atoms with Gasteiger partial charge in [0.05, 0.1) is 12.5 Å². The maximum absolute atomic E-state index is 12.3. The van der Waals surface area contributed by atoms with Crippen molar-refractivity contribution in [3.63, 3.8) is 0 Å². The van der Waals surface area contributed by atoms with Crippen molar-refractivity contribution < 1.29 is 9.59 Å². The molecule has 1 N–H and O–H groups in total. The van der Waals surface area contributed by atoms with Crippen molar-refractivity contribution in [2.24, 2.45) is 5.92 Å². The Kier molecular flexibility index (Phi) is 8.61. The van der Waals surface area contributed by atoms with Gasteiger partial charge in [-0.05, 0) is 25.8 Å². The number of hydrogen-bond donors (Lipinski definition) is 1. The molecule has 6 nitrogen and oxygen atoms in total. The molecule has 3 aliphatic rings. The molecule has 3 heterocycles. The molecule has 1 unspecified atom stereocenters. The molecule has 0 aromatic rings. The van der Waals surface area contributed by atoms with Crippen LogP contribution in [0.3, 0.4) is 0 Å². The van der Waals surface area contributed by atoms with Crippen LogP contribution in [0.4, 0.5) is 0 Å². The van der Waals surface area contributed by atoms with Crippen molar-refractivity contribution in [3.8, 4) is 0 Å². The first kappa shape index (κ1) is 20.5. The van der Waals surface area contributed by atoms with E-state index in [0.29, 0.717) is 12.5 Å². The molecule has 3 fully saturated rings. The smallest absolute Gasteiger partial charge is 0.236 e. The summed E-state index contributed by atoms with van der Waals surface area (Å²) in [4.78, 5) is 30.6. The van der Waals surface area contributed by atoms with Gasteiger partial charge < -0.3 is 15.1 Å². The lowest BCUT2D eigenvalue weighted by Gasteiger charge is -2.36. The van der Waals surface area contributed by atoms with Crippen LogP contribution in [0.25, 0.3) is 0 Å². The van der Waals surface area contributed by atoms with Crippen molar-refractivity contribution in [3.05, 3.63) is 0 Å². The molecule has 0 saturated carbocycles. The molecule has 3 saturated heterocycles. The van der Waals surface area contributed by atoms with E-state index in [9.17, 15) is 9.59 Å². The highest BCUT2D eigenvalue weighted by atomic mass is 35.5. The predicted molar refractivity (Wildman–Crippen MR) is 94.3 cm³/mol. The lowest BCUT2D eigenvalue weighted by molar-refractivity contribution is -0.137. The van der Waals surface area contributed by atoms with Gasteiger partial charge in [-0.3, -0.25) is 14.5 Å². The molecule has 23 heavy (non-hydrogen) atoms. The number of nitrogens with one attached hydrogen (secondary N) is 1. The van der Waals surface area contributed by atoms with Gasteiger partial charge in [-0.2, -0.15) is 0 Å². The summed E-state index contributed by atoms with van der Waals surface area (Å²) in [5.41, 5.74) is 0. The Balaban J connectivity index is 0.00000132. The lowest BCUT2D eigenvalue weighted by atomic mass is 10.1. The van der Waals surface area contributed by atoms with E-state index in [4.69, 9.17) is 0 Å². The molecule has 8 heteroatoms. The average Bonchev–Trinajstić information content (AvgIpc) is 3.20. The number of likely N-dealkylation sites (tertiary alicyclic amines) is 1. The van der Waals surface area contributed by atoms with E-state index in [1.807, 2.05) is 9.80 Å². The Bertz CT molecular complexity index is 391. The monoisotopic (exact) mass is 366 g/mol. The number of carbonyl (C=O) groups is 2. The predicted octanol–water partition coefficient (Wildman–Crippen LogP) is 0.206. The van der Waals surface area contributed by atoms with Crippen LogP contribution in [0.15, 0.2) is 0 Å². The molecule has 3 rings (SSSR count). The third-order valence-corrected chi connectivity index (χ3v) is 4.91. The fraction of sp³-hybridized carbons (Fsp3) is 0.867. The third kappa shape index (κ3) is 5.21. The Hall–Kier alpha value is -0.560. The molecule has 0 bridgehead atoms. The molecule has 0 spiro atoms. The molecule has 3 aliphatic heterocycles. The van der Waals surface area contributed by atoms with Gasteiger partial charge in [-0.1, -0.05) is 0 Å². The minimum atomic E-state index is 0. The molecule has 0 aromatic heterocycles. The summed E-state index contributed by atoms with van der Waals surface area (Å²) in [7, 11) is 0. The zero-order valence-corrected chi connectivity index (χ0v) is 15.2. The first-order chi connectivity index (χ1) is 10.2. The molecule has 0 aliphatic carbocycles. The molecule has 1 atom stereocenters. The summed E-state index contributed by atoms with van der Waals surface area (Å²) in [6, 6.07) is 0. The van der Waals surface area contributed by atoms with Crippen LogP contribution in [0.5, 0.6) is 0 Å². The quantitative estimate of drug-likeness (QED) is 0.775. The van der Waals surface area contributed by atoms with Crippen molar-refractivity contribution in [2.45, 2.75) is 19.3 Å². The molecule has 2 amide bonds. The first-order valence-corrected chi connectivity index (χ1v) is 8.23. The van der Waals surface area contributed by atoms with E-state index in [0.717, 1.165) is 71.6 Å². The second kappa shape index (κ2) is 9.67. The number of rotatable bonds is 3. The number of carbonyl (C=O) groups excluding carboxylic acids is 2. The van der Waals surface area contributed by atoms with Crippen LogP contribution in [-0.2, 0) is 9.59 Å². The van der Waals surface area contributed by atoms with Gasteiger partial charge in [0.25, 0.3) is 0 Å². The van der Waals surface area contributed by atoms with E-state index >= 15 is 0 Å². The molecular formula is C15H28Cl2N4O2. The zero-order chi connectivity index (χ0) is 14.7. The Morgan fingerprint density at radius 1 is 0.913 bits per heavy atom. The second-order valence-corrected chi connectivity index (χ2v) is 6.38. The number of nitrogens with zero attached hydrogens (tertiary/aromatic N) is 3. The van der Waals surface area contributed by atoms with E-state index in [2.05, 4.69) is 10.2 Å². The lowest BCUT2D eigenvalue weighted by Crippen LogP contribution is -2.52. The first-order valence-electron chi connectivity index (χ1n) is 8.23. The van der Waals surface area contributed by atoms with Crippen molar-refractivity contribution in [2.75, 3.05) is 58.9 Å². The average molecular weight is 367 g/mol. The summed E-state index contributed by atoms with van der Waals surface area (Å²) >= 11 is 0. The van der Waals surface area contributed by atoms with Gasteiger partial charge in [-0.25, -0.2) is 0 Å². The van der Waals surface area contributed by atoms with Crippen LogP contribution in [0.1, 0.15) is 19.3 Å². The summed E-state index contributed by atoms with van der Waals surface area (Å²) in [6.45, 7) is 7.33. The normalized spacial score (nSPS) is 25.0. The highest BCUT2D eigenvalue weighted by Gasteiger charge is 2.30. The standard InChI is InChI=1S/C15H26N4O2.2ClH/c20-14(18-5-1-2-6-18)12-17-7-9-19(10-8-17)15(21)13-3-4-16-11-13;;/h13,16H,1-12H2;2*1H. The van der Waals surface area contributed by atoms with Crippen molar-refractivity contribution in [1.82, 2.24) is 20.0 Å². The highest BCUT2D eigenvalue weighted by molar-refractivity contribution is 5.85. The maximum Gasteiger partial charge on any atom is 0.236 e. The minimum absolute atomic E-state index is 0. The molecule has 134 valence electrons. The van der Waals surface area contributed by atoms with E-state index < -0.39 is 0 Å². The number of piperazine rings is 1. The van der Waals surface area contributed by atoms with Gasteiger partial charge in [0.15, 0.2) is 0 Å². The van der Waals surface area contributed by atoms with E-state index in [1.54, 1.807) is 0 Å². The van der Waals surface area contributed by atoms with E-state index in [-0.39, 0.29) is 36.6 Å². The van der Waals surface area contributed by atoms with Crippen LogP contribution >= 0.6 is 24.8 Å². The number of amides is 2.